The van der Waals surface area contributed by atoms with E-state index >= 15 is 0 Å². The molecule has 0 fully saturated rings. The number of benzene rings is 1. The molecule has 1 aliphatic heterocycles. The van der Waals surface area contributed by atoms with Crippen molar-refractivity contribution in [3.05, 3.63) is 29.3 Å². The highest BCUT2D eigenvalue weighted by molar-refractivity contribution is 5.95. The predicted octanol–water partition coefficient (Wildman–Crippen LogP) is 2.56. The van der Waals surface area contributed by atoms with Gasteiger partial charge < -0.3 is 10.2 Å². The SMILES string of the molecule is CC(C)N(C)C(=O)c1ccc2c(c1)CCN2.Cl. The lowest BCUT2D eigenvalue weighted by molar-refractivity contribution is 0.0755. The zero-order chi connectivity index (χ0) is 11.7. The molecule has 0 saturated carbocycles. The van der Waals surface area contributed by atoms with Crippen LogP contribution >= 0.6 is 12.4 Å². The fraction of sp³-hybridized carbons (Fsp3) is 0.462. The number of carbonyl (C=O) groups excluding carboxylic acids is 1. The molecule has 1 aliphatic rings. The van der Waals surface area contributed by atoms with Crippen LogP contribution in [0.2, 0.25) is 0 Å². The largest absolute Gasteiger partial charge is 0.384 e. The third-order valence-corrected chi connectivity index (χ3v) is 3.16. The first-order chi connectivity index (χ1) is 7.59. The molecule has 1 amide bonds. The standard InChI is InChI=1S/C13H18N2O.ClH/c1-9(2)15(3)13(16)11-4-5-12-10(8-11)6-7-14-12;/h4-5,8-9,14H,6-7H2,1-3H3;1H. The minimum Gasteiger partial charge on any atom is -0.384 e. The summed E-state index contributed by atoms with van der Waals surface area (Å²) < 4.78 is 0. The Kier molecular flexibility index (Phi) is 4.40. The summed E-state index contributed by atoms with van der Waals surface area (Å²) in [7, 11) is 1.85. The first-order valence-electron chi connectivity index (χ1n) is 5.73. The second kappa shape index (κ2) is 5.41. The van der Waals surface area contributed by atoms with Crippen LogP contribution in [-0.4, -0.2) is 30.4 Å². The van der Waals surface area contributed by atoms with E-state index in [-0.39, 0.29) is 24.4 Å². The highest BCUT2D eigenvalue weighted by Gasteiger charge is 2.17. The number of rotatable bonds is 2. The summed E-state index contributed by atoms with van der Waals surface area (Å²) in [6.45, 7) is 5.02. The molecule has 3 nitrogen and oxygen atoms in total. The number of anilines is 1. The van der Waals surface area contributed by atoms with Gasteiger partial charge in [0.15, 0.2) is 0 Å². The summed E-state index contributed by atoms with van der Waals surface area (Å²) in [4.78, 5) is 13.9. The fourth-order valence-electron chi connectivity index (χ4n) is 1.88. The minimum absolute atomic E-state index is 0. The Bertz CT molecular complexity index is 418. The van der Waals surface area contributed by atoms with Crippen molar-refractivity contribution >= 4 is 24.0 Å². The van der Waals surface area contributed by atoms with E-state index in [1.165, 1.54) is 11.3 Å². The van der Waals surface area contributed by atoms with Crippen molar-refractivity contribution in [2.24, 2.45) is 0 Å². The maximum absolute atomic E-state index is 12.1. The Balaban J connectivity index is 0.00000144. The van der Waals surface area contributed by atoms with Crippen molar-refractivity contribution in [2.75, 3.05) is 18.9 Å². The van der Waals surface area contributed by atoms with Gasteiger partial charge in [-0.1, -0.05) is 0 Å². The lowest BCUT2D eigenvalue weighted by atomic mass is 10.1. The topological polar surface area (TPSA) is 32.3 Å². The van der Waals surface area contributed by atoms with Crippen molar-refractivity contribution in [3.8, 4) is 0 Å². The van der Waals surface area contributed by atoms with Crippen molar-refractivity contribution in [1.29, 1.82) is 0 Å². The Morgan fingerprint density at radius 2 is 2.12 bits per heavy atom. The molecule has 0 aromatic heterocycles. The molecule has 1 N–H and O–H groups in total. The molecule has 0 unspecified atom stereocenters. The quantitative estimate of drug-likeness (QED) is 0.880. The molecule has 0 atom stereocenters. The van der Waals surface area contributed by atoms with Gasteiger partial charge in [-0.05, 0) is 44.0 Å². The van der Waals surface area contributed by atoms with Crippen molar-refractivity contribution in [2.45, 2.75) is 26.3 Å². The van der Waals surface area contributed by atoms with Crippen molar-refractivity contribution in [1.82, 2.24) is 4.90 Å². The molecule has 0 aliphatic carbocycles. The lowest BCUT2D eigenvalue weighted by Gasteiger charge is -2.21. The van der Waals surface area contributed by atoms with E-state index in [2.05, 4.69) is 5.32 Å². The van der Waals surface area contributed by atoms with Gasteiger partial charge in [-0.15, -0.1) is 12.4 Å². The highest BCUT2D eigenvalue weighted by Crippen LogP contribution is 2.23. The van der Waals surface area contributed by atoms with Crippen LogP contribution in [0.4, 0.5) is 5.69 Å². The molecule has 94 valence electrons. The second-order valence-corrected chi connectivity index (χ2v) is 4.56. The normalized spacial score (nSPS) is 12.7. The molecule has 1 heterocycles. The third kappa shape index (κ3) is 2.72. The van der Waals surface area contributed by atoms with Gasteiger partial charge >= 0.3 is 0 Å². The zero-order valence-electron chi connectivity index (χ0n) is 10.5. The predicted molar refractivity (Wildman–Crippen MR) is 73.1 cm³/mol. The molecule has 0 bridgehead atoms. The molecule has 17 heavy (non-hydrogen) atoms. The van der Waals surface area contributed by atoms with Crippen LogP contribution in [0.1, 0.15) is 29.8 Å². The molecule has 0 spiro atoms. The fourth-order valence-corrected chi connectivity index (χ4v) is 1.88. The van der Waals surface area contributed by atoms with E-state index in [1.807, 2.05) is 39.1 Å². The van der Waals surface area contributed by atoms with Crippen molar-refractivity contribution in [3.63, 3.8) is 0 Å². The molecule has 0 radical (unpaired) electrons. The summed E-state index contributed by atoms with van der Waals surface area (Å²) in [5.74, 6) is 0.102. The van der Waals surface area contributed by atoms with Gasteiger partial charge in [-0.2, -0.15) is 0 Å². The lowest BCUT2D eigenvalue weighted by Crippen LogP contribution is -2.32. The summed E-state index contributed by atoms with van der Waals surface area (Å²) in [5.41, 5.74) is 3.21. The Morgan fingerprint density at radius 3 is 2.76 bits per heavy atom. The third-order valence-electron chi connectivity index (χ3n) is 3.16. The van der Waals surface area contributed by atoms with Crippen LogP contribution in [0.25, 0.3) is 0 Å². The van der Waals surface area contributed by atoms with E-state index in [1.54, 1.807) is 4.90 Å². The van der Waals surface area contributed by atoms with Crippen molar-refractivity contribution < 1.29 is 4.79 Å². The van der Waals surface area contributed by atoms with Gasteiger partial charge in [-0.3, -0.25) is 4.79 Å². The Hall–Kier alpha value is -1.22. The number of hydrogen-bond donors (Lipinski definition) is 1. The van der Waals surface area contributed by atoms with Crippen LogP contribution in [-0.2, 0) is 6.42 Å². The molecule has 1 aromatic rings. The summed E-state index contributed by atoms with van der Waals surface area (Å²) in [6.07, 6.45) is 1.02. The number of fused-ring (bicyclic) bond motifs is 1. The van der Waals surface area contributed by atoms with Crippen LogP contribution in [0.5, 0.6) is 0 Å². The average Bonchev–Trinajstić information content (AvgIpc) is 2.73. The minimum atomic E-state index is 0. The highest BCUT2D eigenvalue weighted by atomic mass is 35.5. The maximum Gasteiger partial charge on any atom is 0.253 e. The van der Waals surface area contributed by atoms with Crippen LogP contribution in [0.3, 0.4) is 0 Å². The van der Waals surface area contributed by atoms with E-state index in [9.17, 15) is 4.79 Å². The van der Waals surface area contributed by atoms with Crippen LogP contribution in [0, 0.1) is 0 Å². The second-order valence-electron chi connectivity index (χ2n) is 4.56. The maximum atomic E-state index is 12.1. The van der Waals surface area contributed by atoms with E-state index in [0.717, 1.165) is 18.5 Å². The van der Waals surface area contributed by atoms with Crippen LogP contribution in [0.15, 0.2) is 18.2 Å². The van der Waals surface area contributed by atoms with E-state index < -0.39 is 0 Å². The number of amides is 1. The number of hydrogen-bond acceptors (Lipinski definition) is 2. The van der Waals surface area contributed by atoms with Gasteiger partial charge in [0, 0.05) is 30.9 Å². The number of halogens is 1. The van der Waals surface area contributed by atoms with Gasteiger partial charge in [0.1, 0.15) is 0 Å². The first kappa shape index (κ1) is 13.8. The first-order valence-corrected chi connectivity index (χ1v) is 5.73. The Morgan fingerprint density at radius 1 is 1.41 bits per heavy atom. The van der Waals surface area contributed by atoms with Gasteiger partial charge in [0.2, 0.25) is 0 Å². The molecule has 4 heteroatoms. The molecule has 0 saturated heterocycles. The van der Waals surface area contributed by atoms with Crippen LogP contribution < -0.4 is 5.32 Å². The van der Waals surface area contributed by atoms with Gasteiger partial charge in [-0.25, -0.2) is 0 Å². The van der Waals surface area contributed by atoms with E-state index in [4.69, 9.17) is 0 Å². The van der Waals surface area contributed by atoms with Gasteiger partial charge in [0.25, 0.3) is 5.91 Å². The molecule has 1 aromatic carbocycles. The Labute approximate surface area is 109 Å². The van der Waals surface area contributed by atoms with E-state index in [0.29, 0.717) is 0 Å². The monoisotopic (exact) mass is 254 g/mol. The molecular weight excluding hydrogens is 236 g/mol. The summed E-state index contributed by atoms with van der Waals surface area (Å²) in [6, 6.07) is 6.15. The number of nitrogens with zero attached hydrogens (tertiary/aromatic N) is 1. The number of nitrogens with one attached hydrogen (secondary N) is 1. The molecule has 2 rings (SSSR count). The smallest absolute Gasteiger partial charge is 0.253 e. The summed E-state index contributed by atoms with van der Waals surface area (Å²) >= 11 is 0. The molecular formula is C13H19ClN2O. The van der Waals surface area contributed by atoms with Gasteiger partial charge in [0.05, 0.1) is 0 Å². The number of carbonyl (C=O) groups is 1. The average molecular weight is 255 g/mol. The summed E-state index contributed by atoms with van der Waals surface area (Å²) in [5, 5.41) is 3.29. The zero-order valence-corrected chi connectivity index (χ0v) is 11.3.